The molecule has 0 radical (unpaired) electrons. The van der Waals surface area contributed by atoms with Gasteiger partial charge in [-0.05, 0) is 162 Å². The molecular formula is C52H62O10S2. The third-order valence-electron chi connectivity index (χ3n) is 12.7. The number of aliphatic hydroxyl groups excluding tert-OH is 1. The zero-order valence-corrected chi connectivity index (χ0v) is 40.6. The Morgan fingerprint density at radius 1 is 0.656 bits per heavy atom. The first-order chi connectivity index (χ1) is 29.8. The lowest BCUT2D eigenvalue weighted by molar-refractivity contribution is -0.178. The molecule has 2 fully saturated rings. The standard InChI is InChI=1S/C52H62O10S2/c1-33(2)13-12-28-50(11)40(20-14-34(3)4)32-51(29-26-35(5)6)47(54)45(48(55)52(50,49(51)56)30-27-36(7)8)46(53)39-19-25-43(61-63(57,58)41-21-15-37(9)16-22-41)44(31-39)62-64(59,60)42-23-17-38(10)18-24-42/h13-19,21-27,31,40,53H,12,20,28-30,32H2,1-11H3/b46-45-/t40-,50+,51-,52+/m0/s1. The summed E-state index contributed by atoms with van der Waals surface area (Å²) in [6.45, 7) is 21.0. The molecule has 0 saturated heterocycles. The molecule has 12 heteroatoms. The number of hydrogen-bond donors (Lipinski definition) is 1. The summed E-state index contributed by atoms with van der Waals surface area (Å²) in [4.78, 5) is 46.4. The smallest absolute Gasteiger partial charge is 0.339 e. The summed E-state index contributed by atoms with van der Waals surface area (Å²) in [6, 6.07) is 14.9. The number of carbonyl (C=O) groups is 3. The van der Waals surface area contributed by atoms with Crippen molar-refractivity contribution in [3.63, 3.8) is 0 Å². The van der Waals surface area contributed by atoms with Crippen LogP contribution >= 0.6 is 0 Å². The maximum Gasteiger partial charge on any atom is 0.339 e. The number of ketones is 3. The minimum absolute atomic E-state index is 0.00416. The van der Waals surface area contributed by atoms with Crippen molar-refractivity contribution >= 4 is 43.3 Å². The fourth-order valence-corrected chi connectivity index (χ4v) is 10.9. The van der Waals surface area contributed by atoms with Gasteiger partial charge in [0.1, 0.15) is 26.5 Å². The molecule has 4 atom stereocenters. The highest BCUT2D eigenvalue weighted by Gasteiger charge is 2.74. The van der Waals surface area contributed by atoms with Crippen LogP contribution in [-0.2, 0) is 34.6 Å². The van der Waals surface area contributed by atoms with Crippen LogP contribution in [0.15, 0.2) is 129 Å². The summed E-state index contributed by atoms with van der Waals surface area (Å²) < 4.78 is 65.9. The third-order valence-corrected chi connectivity index (χ3v) is 15.2. The van der Waals surface area contributed by atoms with Gasteiger partial charge in [-0.25, -0.2) is 0 Å². The zero-order valence-electron chi connectivity index (χ0n) is 38.9. The van der Waals surface area contributed by atoms with Crippen LogP contribution in [-0.4, -0.2) is 39.3 Å². The fraction of sp³-hybridized carbons (Fsp3) is 0.404. The number of allylic oxidation sites excluding steroid dienone is 9. The highest BCUT2D eigenvalue weighted by atomic mass is 32.2. The van der Waals surface area contributed by atoms with E-state index in [9.17, 15) is 21.9 Å². The van der Waals surface area contributed by atoms with Gasteiger partial charge in [-0.15, -0.1) is 0 Å². The molecular weight excluding hydrogens is 849 g/mol. The highest BCUT2D eigenvalue weighted by Crippen LogP contribution is 2.67. The van der Waals surface area contributed by atoms with Crippen molar-refractivity contribution in [2.24, 2.45) is 22.2 Å². The molecule has 0 aromatic heterocycles. The molecule has 3 aromatic rings. The van der Waals surface area contributed by atoms with Crippen molar-refractivity contribution < 1.29 is 44.7 Å². The molecule has 0 aliphatic heterocycles. The lowest BCUT2D eigenvalue weighted by Crippen LogP contribution is -2.70. The molecule has 0 heterocycles. The SMILES string of the molecule is CC(C)=CCC[C@]1(C)[C@@H](CC=C(C)C)C[C@@]2(CC=C(C)C)C(=O)/C(=C(/O)c3ccc(OS(=O)(=O)c4ccc(C)cc4)c(OS(=O)(=O)c4ccc(C)cc4)c3)C(=O)[C@]1(CC=C(C)C)C2=O. The summed E-state index contributed by atoms with van der Waals surface area (Å²) in [5.74, 6) is -4.38. The molecule has 10 nitrogen and oxygen atoms in total. The first kappa shape index (κ1) is 49.7. The predicted molar refractivity (Wildman–Crippen MR) is 251 cm³/mol. The number of carbonyl (C=O) groups excluding carboxylic acids is 3. The van der Waals surface area contributed by atoms with Gasteiger partial charge in [0, 0.05) is 5.56 Å². The second-order valence-corrected chi connectivity index (χ2v) is 21.8. The molecule has 3 aromatic carbocycles. The maximum atomic E-state index is 15.8. The largest absolute Gasteiger partial charge is 0.506 e. The van der Waals surface area contributed by atoms with Gasteiger partial charge in [-0.2, -0.15) is 16.8 Å². The molecule has 1 N–H and O–H groups in total. The van der Waals surface area contributed by atoms with Crippen molar-refractivity contribution in [3.8, 4) is 11.5 Å². The van der Waals surface area contributed by atoms with Crippen LogP contribution in [0.5, 0.6) is 11.5 Å². The Morgan fingerprint density at radius 3 is 1.64 bits per heavy atom. The van der Waals surface area contributed by atoms with Crippen LogP contribution in [0.2, 0.25) is 0 Å². The zero-order chi connectivity index (χ0) is 47.6. The van der Waals surface area contributed by atoms with Crippen molar-refractivity contribution in [1.29, 1.82) is 0 Å². The van der Waals surface area contributed by atoms with Crippen LogP contribution in [0, 0.1) is 36.0 Å². The quantitative estimate of drug-likeness (QED) is 0.0366. The number of aliphatic hydroxyl groups is 1. The van der Waals surface area contributed by atoms with Gasteiger partial charge in [0.2, 0.25) is 0 Å². The van der Waals surface area contributed by atoms with Gasteiger partial charge in [0.15, 0.2) is 28.8 Å². The Labute approximate surface area is 380 Å². The molecule has 2 aliphatic carbocycles. The van der Waals surface area contributed by atoms with E-state index >= 15 is 14.4 Å². The first-order valence-corrected chi connectivity index (χ1v) is 24.4. The molecule has 2 aliphatic rings. The molecule has 0 amide bonds. The number of hydrogen-bond acceptors (Lipinski definition) is 10. The van der Waals surface area contributed by atoms with Crippen LogP contribution in [0.1, 0.15) is 118 Å². The van der Waals surface area contributed by atoms with Crippen LogP contribution < -0.4 is 8.37 Å². The predicted octanol–water partition coefficient (Wildman–Crippen LogP) is 11.6. The summed E-state index contributed by atoms with van der Waals surface area (Å²) in [7, 11) is -9.22. The van der Waals surface area contributed by atoms with Crippen molar-refractivity contribution in [2.75, 3.05) is 0 Å². The van der Waals surface area contributed by atoms with Gasteiger partial charge in [-0.3, -0.25) is 14.4 Å². The maximum absolute atomic E-state index is 15.8. The van der Waals surface area contributed by atoms with E-state index in [2.05, 4.69) is 12.2 Å². The minimum Gasteiger partial charge on any atom is -0.506 e. The average molecular weight is 911 g/mol. The monoisotopic (exact) mass is 910 g/mol. The van der Waals surface area contributed by atoms with Gasteiger partial charge in [0.25, 0.3) is 0 Å². The second kappa shape index (κ2) is 19.0. The van der Waals surface area contributed by atoms with E-state index in [-0.39, 0.29) is 40.5 Å². The van der Waals surface area contributed by atoms with Crippen molar-refractivity contribution in [1.82, 2.24) is 0 Å². The van der Waals surface area contributed by atoms with Crippen LogP contribution in [0.3, 0.4) is 0 Å². The van der Waals surface area contributed by atoms with E-state index in [0.717, 1.165) is 45.6 Å². The molecule has 0 spiro atoms. The summed E-state index contributed by atoms with van der Waals surface area (Å²) in [5.41, 5.74) is 0.0659. The van der Waals surface area contributed by atoms with Gasteiger partial charge in [0.05, 0.1) is 5.41 Å². The summed E-state index contributed by atoms with van der Waals surface area (Å²) >= 11 is 0. The Kier molecular flexibility index (Phi) is 14.8. The molecule has 342 valence electrons. The third kappa shape index (κ3) is 9.83. The lowest BCUT2D eigenvalue weighted by atomic mass is 9.37. The minimum atomic E-state index is -4.66. The number of rotatable bonds is 16. The topological polar surface area (TPSA) is 158 Å². The van der Waals surface area contributed by atoms with Gasteiger partial charge < -0.3 is 13.5 Å². The van der Waals surface area contributed by atoms with E-state index in [1.165, 1.54) is 30.3 Å². The molecule has 0 unspecified atom stereocenters. The van der Waals surface area contributed by atoms with E-state index in [0.29, 0.717) is 19.3 Å². The average Bonchev–Trinajstić information content (AvgIpc) is 3.20. The number of benzene rings is 3. The highest BCUT2D eigenvalue weighted by molar-refractivity contribution is 7.87. The van der Waals surface area contributed by atoms with Crippen LogP contribution in [0.4, 0.5) is 0 Å². The first-order valence-electron chi connectivity index (χ1n) is 21.6. The molecule has 5 rings (SSSR count). The van der Waals surface area contributed by atoms with E-state index in [4.69, 9.17) is 8.37 Å². The van der Waals surface area contributed by atoms with Gasteiger partial charge >= 0.3 is 20.2 Å². The Morgan fingerprint density at radius 2 is 1.14 bits per heavy atom. The summed E-state index contributed by atoms with van der Waals surface area (Å²) in [6.07, 6.45) is 9.47. The Bertz CT molecular complexity index is 2700. The van der Waals surface area contributed by atoms with Crippen molar-refractivity contribution in [3.05, 3.63) is 136 Å². The van der Waals surface area contributed by atoms with Crippen molar-refractivity contribution in [2.45, 2.75) is 124 Å². The number of Topliss-reactive ketones (excluding diaryl/α,β-unsaturated/α-hetero) is 3. The second-order valence-electron chi connectivity index (χ2n) is 18.7. The fourth-order valence-electron chi connectivity index (χ4n) is 8.98. The van der Waals surface area contributed by atoms with E-state index in [1.807, 2.05) is 74.5 Å². The Balaban J connectivity index is 1.83. The molecule has 64 heavy (non-hydrogen) atoms. The normalized spacial score (nSPS) is 22.9. The Hall–Kier alpha value is -5.33. The van der Waals surface area contributed by atoms with E-state index in [1.54, 1.807) is 38.1 Å². The lowest BCUT2D eigenvalue weighted by Gasteiger charge is -2.61. The number of fused-ring (bicyclic) bond motifs is 2. The number of aryl methyl sites for hydroxylation is 2. The summed E-state index contributed by atoms with van der Waals surface area (Å²) in [5, 5.41) is 12.5. The van der Waals surface area contributed by atoms with E-state index < -0.39 is 76.7 Å². The molecule has 2 bridgehead atoms. The molecule has 2 saturated carbocycles. The van der Waals surface area contributed by atoms with Gasteiger partial charge in [-0.1, -0.05) is 88.9 Å². The van der Waals surface area contributed by atoms with Crippen LogP contribution in [0.25, 0.3) is 5.76 Å².